The molecule has 2 heterocycles. The van der Waals surface area contributed by atoms with Crippen LogP contribution in [-0.2, 0) is 16.8 Å². The molecule has 0 aliphatic carbocycles. The number of benzene rings is 1. The minimum Gasteiger partial charge on any atom is -0.445 e. The Hall–Kier alpha value is -2.99. The van der Waals surface area contributed by atoms with Gasteiger partial charge in [0.25, 0.3) is 0 Å². The second-order valence-corrected chi connectivity index (χ2v) is 7.62. The van der Waals surface area contributed by atoms with Crippen molar-refractivity contribution in [1.29, 1.82) is 0 Å². The van der Waals surface area contributed by atoms with Crippen LogP contribution < -0.4 is 0 Å². The average Bonchev–Trinajstić information content (AvgIpc) is 3.27. The van der Waals surface area contributed by atoms with Gasteiger partial charge in [-0.05, 0) is 17.5 Å². The fraction of sp³-hybridized carbons (Fsp3) is 0.474. The van der Waals surface area contributed by atoms with E-state index in [-0.39, 0.29) is 24.6 Å². The van der Waals surface area contributed by atoms with Crippen LogP contribution in [0.5, 0.6) is 0 Å². The van der Waals surface area contributed by atoms with E-state index in [0.29, 0.717) is 12.3 Å². The van der Waals surface area contributed by atoms with Crippen LogP contribution in [0.15, 0.2) is 46.1 Å². The summed E-state index contributed by atoms with van der Waals surface area (Å²) >= 11 is 0. The number of nitrogens with zero attached hydrogens (tertiary/aromatic N) is 5. The number of likely N-dealkylation sites (tertiary alicyclic amines) is 1. The first-order valence-electron chi connectivity index (χ1n) is 8.86. The first-order chi connectivity index (χ1) is 12.9. The monoisotopic (exact) mass is 369 g/mol. The summed E-state index contributed by atoms with van der Waals surface area (Å²) in [6, 6.07) is 8.71. The van der Waals surface area contributed by atoms with Gasteiger partial charge >= 0.3 is 6.09 Å². The van der Waals surface area contributed by atoms with E-state index in [1.165, 1.54) is 4.90 Å². The molecule has 0 radical (unpaired) electrons. The number of ether oxygens (including phenoxy) is 1. The van der Waals surface area contributed by atoms with E-state index in [2.05, 4.69) is 15.0 Å². The second-order valence-electron chi connectivity index (χ2n) is 7.62. The van der Waals surface area contributed by atoms with E-state index < -0.39 is 12.1 Å². The Morgan fingerprint density at radius 1 is 1.41 bits per heavy atom. The summed E-state index contributed by atoms with van der Waals surface area (Å²) in [6.45, 7) is 6.53. The summed E-state index contributed by atoms with van der Waals surface area (Å²) in [5, 5.41) is 3.77. The third kappa shape index (κ3) is 4.41. The Balaban J connectivity index is 1.76. The van der Waals surface area contributed by atoms with Crippen molar-refractivity contribution < 1.29 is 13.9 Å². The maximum Gasteiger partial charge on any atom is 0.410 e. The number of azide groups is 1. The molecule has 142 valence electrons. The number of oxazole rings is 1. The lowest BCUT2D eigenvalue weighted by Crippen LogP contribution is -2.32. The average molecular weight is 369 g/mol. The quantitative estimate of drug-likeness (QED) is 0.441. The fourth-order valence-corrected chi connectivity index (χ4v) is 3.00. The van der Waals surface area contributed by atoms with Crippen molar-refractivity contribution in [3.05, 3.63) is 64.2 Å². The summed E-state index contributed by atoms with van der Waals surface area (Å²) in [4.78, 5) is 21.4. The molecule has 8 heteroatoms. The van der Waals surface area contributed by atoms with Gasteiger partial charge in [-0.15, -0.1) is 0 Å². The Bertz CT molecular complexity index is 837. The molecule has 27 heavy (non-hydrogen) atoms. The molecule has 1 aromatic carbocycles. The normalized spacial score (nSPS) is 19.6. The van der Waals surface area contributed by atoms with Gasteiger partial charge in [0.2, 0.25) is 5.89 Å². The molecule has 0 saturated carbocycles. The minimum absolute atomic E-state index is 0.175. The van der Waals surface area contributed by atoms with Crippen molar-refractivity contribution in [1.82, 2.24) is 9.88 Å². The summed E-state index contributed by atoms with van der Waals surface area (Å²) in [5.74, 6) is 1.18. The zero-order valence-corrected chi connectivity index (χ0v) is 15.7. The van der Waals surface area contributed by atoms with Crippen LogP contribution in [0.2, 0.25) is 0 Å². The number of aromatic nitrogens is 1. The van der Waals surface area contributed by atoms with Gasteiger partial charge < -0.3 is 9.15 Å². The number of rotatable bonds is 4. The van der Waals surface area contributed by atoms with Crippen molar-refractivity contribution in [2.75, 3.05) is 6.54 Å². The topological polar surface area (TPSA) is 104 Å². The molecule has 1 aliphatic rings. The maximum absolute atomic E-state index is 12.7. The summed E-state index contributed by atoms with van der Waals surface area (Å²) < 4.78 is 11.4. The molecule has 8 nitrogen and oxygen atoms in total. The summed E-state index contributed by atoms with van der Waals surface area (Å²) in [7, 11) is 0. The Labute approximate surface area is 157 Å². The van der Waals surface area contributed by atoms with Gasteiger partial charge in [0, 0.05) is 16.9 Å². The van der Waals surface area contributed by atoms with Gasteiger partial charge in [-0.1, -0.05) is 56.2 Å². The highest BCUT2D eigenvalue weighted by molar-refractivity contribution is 5.68. The van der Waals surface area contributed by atoms with Crippen molar-refractivity contribution in [2.24, 2.45) is 5.11 Å². The third-order valence-electron chi connectivity index (χ3n) is 4.48. The fourth-order valence-electron chi connectivity index (χ4n) is 3.00. The van der Waals surface area contributed by atoms with E-state index >= 15 is 0 Å². The predicted molar refractivity (Wildman–Crippen MR) is 98.8 cm³/mol. The first kappa shape index (κ1) is 18.8. The lowest BCUT2D eigenvalue weighted by atomic mass is 9.94. The van der Waals surface area contributed by atoms with Crippen LogP contribution in [0.25, 0.3) is 10.4 Å². The smallest absolute Gasteiger partial charge is 0.410 e. The molecule has 0 N–H and O–H groups in total. The number of carbonyl (C=O) groups excluding carboxylic acids is 1. The SMILES string of the molecule is CC(C)(C)c1cnc(C2CC(N=[N+]=[N-])CN2C(=O)OCc2ccccc2)o1. The van der Waals surface area contributed by atoms with Crippen molar-refractivity contribution >= 4 is 6.09 Å². The molecule has 2 atom stereocenters. The molecule has 2 aromatic rings. The van der Waals surface area contributed by atoms with Gasteiger partial charge in [0.05, 0.1) is 12.2 Å². The highest BCUT2D eigenvalue weighted by Crippen LogP contribution is 2.35. The standard InChI is InChI=1S/C19H23N5O3/c1-19(2,3)16-10-21-17(27-16)15-9-14(22-23-20)11-24(15)18(25)26-12-13-7-5-4-6-8-13/h4-8,10,14-15H,9,11-12H2,1-3H3. The molecule has 2 unspecified atom stereocenters. The zero-order valence-electron chi connectivity index (χ0n) is 15.7. The zero-order chi connectivity index (χ0) is 19.4. The van der Waals surface area contributed by atoms with E-state index in [4.69, 9.17) is 14.7 Å². The Kier molecular flexibility index (Phi) is 5.37. The molecule has 0 spiro atoms. The van der Waals surface area contributed by atoms with Crippen LogP contribution in [0.3, 0.4) is 0 Å². The number of carbonyl (C=O) groups is 1. The highest BCUT2D eigenvalue weighted by Gasteiger charge is 2.40. The molecule has 1 saturated heterocycles. The Morgan fingerprint density at radius 2 is 2.15 bits per heavy atom. The molecule has 1 fully saturated rings. The minimum atomic E-state index is -0.477. The van der Waals surface area contributed by atoms with Crippen molar-refractivity contribution in [3.63, 3.8) is 0 Å². The number of hydrogen-bond donors (Lipinski definition) is 0. The molecule has 1 amide bonds. The van der Waals surface area contributed by atoms with Crippen LogP contribution >= 0.6 is 0 Å². The summed E-state index contributed by atoms with van der Waals surface area (Å²) in [6.07, 6.45) is 1.66. The van der Waals surface area contributed by atoms with Gasteiger partial charge in [-0.25, -0.2) is 9.78 Å². The molecule has 3 rings (SSSR count). The molecule has 1 aromatic heterocycles. The Morgan fingerprint density at radius 3 is 2.78 bits per heavy atom. The van der Waals surface area contributed by atoms with Crippen LogP contribution in [0.1, 0.15) is 50.4 Å². The number of hydrogen-bond acceptors (Lipinski definition) is 5. The lowest BCUT2D eigenvalue weighted by Gasteiger charge is -2.22. The maximum atomic E-state index is 12.7. The molecule has 0 bridgehead atoms. The van der Waals surface area contributed by atoms with Gasteiger partial charge in [0.1, 0.15) is 18.4 Å². The first-order valence-corrected chi connectivity index (χ1v) is 8.86. The third-order valence-corrected chi connectivity index (χ3v) is 4.48. The largest absolute Gasteiger partial charge is 0.445 e. The predicted octanol–water partition coefficient (Wildman–Crippen LogP) is 4.73. The van der Waals surface area contributed by atoms with E-state index in [9.17, 15) is 4.79 Å². The molecular formula is C19H23N5O3. The van der Waals surface area contributed by atoms with Crippen LogP contribution in [0, 0.1) is 0 Å². The van der Waals surface area contributed by atoms with E-state index in [1.807, 2.05) is 51.1 Å². The van der Waals surface area contributed by atoms with Crippen LogP contribution in [0.4, 0.5) is 4.79 Å². The molecular weight excluding hydrogens is 346 g/mol. The highest BCUT2D eigenvalue weighted by atomic mass is 16.6. The van der Waals surface area contributed by atoms with Gasteiger partial charge in [0.15, 0.2) is 0 Å². The lowest BCUT2D eigenvalue weighted by molar-refractivity contribution is 0.0871. The second kappa shape index (κ2) is 7.72. The van der Waals surface area contributed by atoms with Gasteiger partial charge in [-0.2, -0.15) is 0 Å². The molecule has 1 aliphatic heterocycles. The van der Waals surface area contributed by atoms with Crippen molar-refractivity contribution in [3.8, 4) is 0 Å². The van der Waals surface area contributed by atoms with Gasteiger partial charge in [-0.3, -0.25) is 4.90 Å². The number of amides is 1. The van der Waals surface area contributed by atoms with E-state index in [0.717, 1.165) is 11.3 Å². The van der Waals surface area contributed by atoms with E-state index in [1.54, 1.807) is 6.20 Å². The summed E-state index contributed by atoms with van der Waals surface area (Å²) in [5.41, 5.74) is 9.47. The van der Waals surface area contributed by atoms with Crippen LogP contribution in [-0.4, -0.2) is 28.6 Å². The van der Waals surface area contributed by atoms with Crippen molar-refractivity contribution in [2.45, 2.75) is 51.3 Å².